The molecule has 1 unspecified atom stereocenters. The largest absolute Gasteiger partial charge is 0.481 e. The molecule has 0 radical (unpaired) electrons. The highest BCUT2D eigenvalue weighted by molar-refractivity contribution is 5.74. The summed E-state index contributed by atoms with van der Waals surface area (Å²) < 4.78 is 0. The second kappa shape index (κ2) is 5.83. The molecule has 0 aromatic heterocycles. The zero-order valence-electron chi connectivity index (χ0n) is 12.2. The van der Waals surface area contributed by atoms with Crippen LogP contribution in [-0.4, -0.2) is 34.9 Å². The summed E-state index contributed by atoms with van der Waals surface area (Å²) in [5, 5.41) is 19.8. The number of para-hydroxylation sites is 1. The Bertz CT molecular complexity index is 482. The van der Waals surface area contributed by atoms with Crippen LogP contribution in [0.3, 0.4) is 0 Å². The molecule has 0 saturated heterocycles. The lowest BCUT2D eigenvalue weighted by atomic mass is 9.89. The Morgan fingerprint density at radius 1 is 1.35 bits per heavy atom. The molecule has 4 nitrogen and oxygen atoms in total. The van der Waals surface area contributed by atoms with Gasteiger partial charge in [-0.3, -0.25) is 4.79 Å². The molecule has 0 amide bonds. The van der Waals surface area contributed by atoms with Crippen molar-refractivity contribution in [1.29, 1.82) is 0 Å². The van der Waals surface area contributed by atoms with Crippen LogP contribution in [-0.2, 0) is 11.2 Å². The minimum Gasteiger partial charge on any atom is -0.481 e. The summed E-state index contributed by atoms with van der Waals surface area (Å²) in [6, 6.07) is 7.89. The first-order valence-corrected chi connectivity index (χ1v) is 7.27. The monoisotopic (exact) mass is 277 g/mol. The van der Waals surface area contributed by atoms with E-state index in [2.05, 4.69) is 0 Å². The molecule has 1 heterocycles. The van der Waals surface area contributed by atoms with Gasteiger partial charge in [-0.1, -0.05) is 32.0 Å². The molecule has 2 N–H and O–H groups in total. The van der Waals surface area contributed by atoms with Crippen LogP contribution < -0.4 is 4.90 Å². The molecular weight excluding hydrogens is 254 g/mol. The van der Waals surface area contributed by atoms with Crippen LogP contribution in [0.1, 0.15) is 32.3 Å². The van der Waals surface area contributed by atoms with Gasteiger partial charge in [0.15, 0.2) is 0 Å². The molecule has 0 bridgehead atoms. The summed E-state index contributed by atoms with van der Waals surface area (Å²) in [4.78, 5) is 13.4. The average molecular weight is 277 g/mol. The van der Waals surface area contributed by atoms with Gasteiger partial charge < -0.3 is 15.1 Å². The number of anilines is 1. The second-order valence-corrected chi connectivity index (χ2v) is 5.68. The Morgan fingerprint density at radius 3 is 2.60 bits per heavy atom. The first-order chi connectivity index (χ1) is 9.49. The van der Waals surface area contributed by atoms with E-state index in [9.17, 15) is 15.0 Å². The molecule has 2 rings (SSSR count). The summed E-state index contributed by atoms with van der Waals surface area (Å²) in [6.07, 6.45) is 1.90. The molecule has 0 aliphatic carbocycles. The molecule has 1 aromatic rings. The van der Waals surface area contributed by atoms with Crippen molar-refractivity contribution in [3.8, 4) is 0 Å². The minimum atomic E-state index is -0.763. The molecule has 110 valence electrons. The summed E-state index contributed by atoms with van der Waals surface area (Å²) in [5.74, 6) is -1.16. The van der Waals surface area contributed by atoms with Crippen molar-refractivity contribution < 1.29 is 15.0 Å². The first kappa shape index (κ1) is 14.9. The highest BCUT2D eigenvalue weighted by Gasteiger charge is 2.33. The number of carboxylic acids is 1. The van der Waals surface area contributed by atoms with Gasteiger partial charge >= 0.3 is 5.97 Å². The lowest BCUT2D eigenvalue weighted by molar-refractivity contribution is -0.141. The average Bonchev–Trinajstić information content (AvgIpc) is 2.46. The quantitative estimate of drug-likeness (QED) is 0.867. The van der Waals surface area contributed by atoms with E-state index < -0.39 is 17.5 Å². The first-order valence-electron chi connectivity index (χ1n) is 7.27. The number of aliphatic carboxylic acids is 1. The molecule has 1 aliphatic rings. The summed E-state index contributed by atoms with van der Waals surface area (Å²) in [5.41, 5.74) is 1.36. The van der Waals surface area contributed by atoms with Crippen molar-refractivity contribution in [2.24, 2.45) is 5.92 Å². The van der Waals surface area contributed by atoms with Gasteiger partial charge in [-0.25, -0.2) is 0 Å². The maximum Gasteiger partial charge on any atom is 0.308 e. The third kappa shape index (κ3) is 2.96. The molecule has 20 heavy (non-hydrogen) atoms. The van der Waals surface area contributed by atoms with Crippen molar-refractivity contribution in [3.63, 3.8) is 0 Å². The predicted molar refractivity (Wildman–Crippen MR) is 79.0 cm³/mol. The number of aliphatic hydroxyl groups is 1. The highest BCUT2D eigenvalue weighted by Crippen LogP contribution is 2.31. The third-order valence-electron chi connectivity index (χ3n) is 4.39. The van der Waals surface area contributed by atoms with Gasteiger partial charge in [0.25, 0.3) is 0 Å². The summed E-state index contributed by atoms with van der Waals surface area (Å²) in [6.45, 7) is 4.89. The van der Waals surface area contributed by atoms with E-state index in [0.29, 0.717) is 32.4 Å². The van der Waals surface area contributed by atoms with Gasteiger partial charge in [0.05, 0.1) is 11.5 Å². The number of hydrogen-bond acceptors (Lipinski definition) is 3. The Balaban J connectivity index is 2.29. The number of benzene rings is 1. The third-order valence-corrected chi connectivity index (χ3v) is 4.39. The van der Waals surface area contributed by atoms with Gasteiger partial charge in [0.1, 0.15) is 0 Å². The lowest BCUT2D eigenvalue weighted by Gasteiger charge is -2.39. The van der Waals surface area contributed by atoms with Gasteiger partial charge in [-0.05, 0) is 30.9 Å². The van der Waals surface area contributed by atoms with E-state index in [1.165, 1.54) is 0 Å². The van der Waals surface area contributed by atoms with Crippen LogP contribution in [0.4, 0.5) is 5.69 Å². The Labute approximate surface area is 120 Å². The van der Waals surface area contributed by atoms with Crippen LogP contribution in [0.25, 0.3) is 0 Å². The fraction of sp³-hybridized carbons (Fsp3) is 0.562. The molecule has 1 aromatic carbocycles. The number of rotatable bonds is 5. The summed E-state index contributed by atoms with van der Waals surface area (Å²) in [7, 11) is 0. The maximum absolute atomic E-state index is 11.3. The Hall–Kier alpha value is -1.55. The van der Waals surface area contributed by atoms with Gasteiger partial charge in [0.2, 0.25) is 0 Å². The van der Waals surface area contributed by atoms with Gasteiger partial charge in [-0.15, -0.1) is 0 Å². The van der Waals surface area contributed by atoms with Crippen LogP contribution >= 0.6 is 0 Å². The molecule has 0 fully saturated rings. The van der Waals surface area contributed by atoms with Crippen LogP contribution in [0.2, 0.25) is 0 Å². The zero-order valence-corrected chi connectivity index (χ0v) is 12.2. The molecule has 1 atom stereocenters. The van der Waals surface area contributed by atoms with Crippen molar-refractivity contribution in [2.45, 2.75) is 38.7 Å². The topological polar surface area (TPSA) is 60.8 Å². The highest BCUT2D eigenvalue weighted by atomic mass is 16.4. The standard InChI is InChI=1S/C16H23NO3/c1-3-16(20,4-2)11-17-10-13(15(18)19)9-12-7-5-6-8-14(12)17/h5-8,13,20H,3-4,9-11H2,1-2H3,(H,18,19). The second-order valence-electron chi connectivity index (χ2n) is 5.68. The van der Waals surface area contributed by atoms with Crippen molar-refractivity contribution in [3.05, 3.63) is 29.8 Å². The summed E-state index contributed by atoms with van der Waals surface area (Å²) >= 11 is 0. The molecular formula is C16H23NO3. The number of fused-ring (bicyclic) bond motifs is 1. The van der Waals surface area contributed by atoms with Crippen molar-refractivity contribution >= 4 is 11.7 Å². The van der Waals surface area contributed by atoms with E-state index in [1.807, 2.05) is 43.0 Å². The number of β-amino-alcohol motifs (C(OH)–C–C–N with tert-alkyl or cyclic N) is 1. The minimum absolute atomic E-state index is 0.400. The molecule has 1 aliphatic heterocycles. The fourth-order valence-corrected chi connectivity index (χ4v) is 2.83. The van der Waals surface area contributed by atoms with E-state index >= 15 is 0 Å². The maximum atomic E-state index is 11.3. The van der Waals surface area contributed by atoms with E-state index in [-0.39, 0.29) is 0 Å². The number of carbonyl (C=O) groups is 1. The van der Waals surface area contributed by atoms with Crippen LogP contribution in [0.5, 0.6) is 0 Å². The van der Waals surface area contributed by atoms with Crippen molar-refractivity contribution in [2.75, 3.05) is 18.0 Å². The zero-order chi connectivity index (χ0) is 14.8. The van der Waals surface area contributed by atoms with Gasteiger partial charge in [-0.2, -0.15) is 0 Å². The number of hydrogen-bond donors (Lipinski definition) is 2. The predicted octanol–water partition coefficient (Wildman–Crippen LogP) is 2.30. The van der Waals surface area contributed by atoms with Crippen molar-refractivity contribution in [1.82, 2.24) is 0 Å². The molecule has 4 heteroatoms. The molecule has 0 saturated carbocycles. The SMILES string of the molecule is CCC(O)(CC)CN1CC(C(=O)O)Cc2ccccc21. The van der Waals surface area contributed by atoms with E-state index in [1.54, 1.807) is 0 Å². The Morgan fingerprint density at radius 2 is 2.00 bits per heavy atom. The van der Waals surface area contributed by atoms with E-state index in [4.69, 9.17) is 0 Å². The van der Waals surface area contributed by atoms with Gasteiger partial charge in [0, 0.05) is 18.8 Å². The number of nitrogens with zero attached hydrogens (tertiary/aromatic N) is 1. The smallest absolute Gasteiger partial charge is 0.308 e. The van der Waals surface area contributed by atoms with Crippen LogP contribution in [0.15, 0.2) is 24.3 Å². The van der Waals surface area contributed by atoms with Crippen LogP contribution in [0, 0.1) is 5.92 Å². The van der Waals surface area contributed by atoms with E-state index in [0.717, 1.165) is 11.3 Å². The molecule has 0 spiro atoms. The number of carboxylic acid groups (broad SMARTS) is 1. The lowest BCUT2D eigenvalue weighted by Crippen LogP contribution is -2.47. The fourth-order valence-electron chi connectivity index (χ4n) is 2.83. The normalized spacial score (nSPS) is 18.8. The Kier molecular flexibility index (Phi) is 4.33.